The van der Waals surface area contributed by atoms with E-state index >= 15 is 0 Å². The van der Waals surface area contributed by atoms with Crippen LogP contribution in [0.15, 0.2) is 66.9 Å². The van der Waals surface area contributed by atoms with Crippen LogP contribution in [0, 0.1) is 0 Å². The van der Waals surface area contributed by atoms with Gasteiger partial charge in [-0.3, -0.25) is 0 Å². The Labute approximate surface area is 238 Å². The van der Waals surface area contributed by atoms with Gasteiger partial charge < -0.3 is 24.4 Å². The molecule has 1 fully saturated rings. The van der Waals surface area contributed by atoms with Gasteiger partial charge in [0.1, 0.15) is 5.75 Å². The third kappa shape index (κ3) is 8.48. The molecule has 0 spiro atoms. The van der Waals surface area contributed by atoms with Crippen molar-refractivity contribution < 1.29 is 4.74 Å². The van der Waals surface area contributed by atoms with Gasteiger partial charge >= 0.3 is 0 Å². The number of benzene rings is 2. The topological polar surface area (TPSA) is 32.7 Å². The van der Waals surface area contributed by atoms with Crippen LogP contribution in [-0.2, 0) is 13.1 Å². The Balaban J connectivity index is 1.42. The van der Waals surface area contributed by atoms with Gasteiger partial charge in [0, 0.05) is 41.7 Å². The van der Waals surface area contributed by atoms with Crippen molar-refractivity contribution in [1.29, 1.82) is 0 Å². The summed E-state index contributed by atoms with van der Waals surface area (Å²) in [5, 5.41) is 4.97. The second-order valence-corrected chi connectivity index (χ2v) is 11.0. The molecule has 1 N–H and O–H groups in total. The maximum absolute atomic E-state index is 6.09. The van der Waals surface area contributed by atoms with Crippen molar-refractivity contribution in [2.45, 2.75) is 64.6 Å². The van der Waals surface area contributed by atoms with E-state index in [0.717, 1.165) is 60.2 Å². The third-order valence-corrected chi connectivity index (χ3v) is 8.00. The molecule has 0 atom stereocenters. The van der Waals surface area contributed by atoms with Gasteiger partial charge in [-0.05, 0) is 106 Å². The van der Waals surface area contributed by atoms with Crippen LogP contribution in [0.5, 0.6) is 5.75 Å². The summed E-state index contributed by atoms with van der Waals surface area (Å²) in [6, 6.07) is 21.1. The van der Waals surface area contributed by atoms with Gasteiger partial charge in [-0.1, -0.05) is 43.0 Å². The van der Waals surface area contributed by atoms with E-state index in [-0.39, 0.29) is 0 Å². The highest BCUT2D eigenvalue weighted by Crippen LogP contribution is 2.22. The van der Waals surface area contributed by atoms with E-state index in [1.807, 2.05) is 43.3 Å². The van der Waals surface area contributed by atoms with Crippen molar-refractivity contribution in [2.24, 2.45) is 0 Å². The molecule has 3 aromatic rings. The standard InChI is InChI=1S/C31H41ClN4OS/c1-3-37-30-18-16-27(17-19-30)33-31(38)36(22-8-20-34(2)28-9-5-4-6-10-28)24-29-11-7-21-35(29)23-25-12-14-26(32)15-13-25/h7,11-19,21,28H,3-6,8-10,20,22-24H2,1-2H3,(H,33,38). The Morgan fingerprint density at radius 1 is 1.03 bits per heavy atom. The Morgan fingerprint density at radius 2 is 1.76 bits per heavy atom. The molecule has 0 unspecified atom stereocenters. The first-order valence-electron chi connectivity index (χ1n) is 13.9. The van der Waals surface area contributed by atoms with Gasteiger partial charge in [0.05, 0.1) is 13.2 Å². The summed E-state index contributed by atoms with van der Waals surface area (Å²) < 4.78 is 7.89. The van der Waals surface area contributed by atoms with Gasteiger partial charge in [-0.2, -0.15) is 0 Å². The minimum Gasteiger partial charge on any atom is -0.494 e. The molecule has 1 aliphatic rings. The number of thiocarbonyl (C=S) groups is 1. The van der Waals surface area contributed by atoms with E-state index in [2.05, 4.69) is 57.2 Å². The summed E-state index contributed by atoms with van der Waals surface area (Å²) in [6.07, 6.45) is 9.98. The normalized spacial score (nSPS) is 14.0. The highest BCUT2D eigenvalue weighted by molar-refractivity contribution is 7.80. The third-order valence-electron chi connectivity index (χ3n) is 7.38. The maximum atomic E-state index is 6.09. The van der Waals surface area contributed by atoms with Crippen LogP contribution in [-0.4, -0.2) is 52.3 Å². The molecule has 0 saturated heterocycles. The molecule has 38 heavy (non-hydrogen) atoms. The Morgan fingerprint density at radius 3 is 2.47 bits per heavy atom. The zero-order valence-corrected chi connectivity index (χ0v) is 24.3. The molecular formula is C31H41ClN4OS. The summed E-state index contributed by atoms with van der Waals surface area (Å²) in [5.41, 5.74) is 3.43. The fraction of sp³-hybridized carbons (Fsp3) is 0.452. The minimum atomic E-state index is 0.657. The molecule has 1 saturated carbocycles. The van der Waals surface area contributed by atoms with Crippen LogP contribution in [0.3, 0.4) is 0 Å². The predicted molar refractivity (Wildman–Crippen MR) is 163 cm³/mol. The van der Waals surface area contributed by atoms with Crippen LogP contribution in [0.2, 0.25) is 5.02 Å². The molecule has 204 valence electrons. The number of aromatic nitrogens is 1. The first-order chi connectivity index (χ1) is 18.5. The molecule has 5 nitrogen and oxygen atoms in total. The SMILES string of the molecule is CCOc1ccc(NC(=S)N(CCCN(C)C2CCCCC2)Cc2cccn2Cc2ccc(Cl)cc2)cc1. The number of halogens is 1. The summed E-state index contributed by atoms with van der Waals surface area (Å²) in [5.74, 6) is 0.867. The van der Waals surface area contributed by atoms with Crippen LogP contribution in [0.4, 0.5) is 5.69 Å². The second-order valence-electron chi connectivity index (χ2n) is 10.2. The summed E-state index contributed by atoms with van der Waals surface area (Å²) in [6.45, 7) is 6.18. The molecule has 0 aliphatic heterocycles. The minimum absolute atomic E-state index is 0.657. The fourth-order valence-corrected chi connectivity index (χ4v) is 5.60. The van der Waals surface area contributed by atoms with E-state index in [1.165, 1.54) is 43.4 Å². The first kappa shape index (κ1) is 28.5. The lowest BCUT2D eigenvalue weighted by Crippen LogP contribution is -2.39. The number of nitrogens with one attached hydrogen (secondary N) is 1. The Hall–Kier alpha value is -2.54. The molecular weight excluding hydrogens is 512 g/mol. The van der Waals surface area contributed by atoms with E-state index in [4.69, 9.17) is 28.6 Å². The fourth-order valence-electron chi connectivity index (χ4n) is 5.20. The van der Waals surface area contributed by atoms with Crippen LogP contribution in [0.25, 0.3) is 0 Å². The number of anilines is 1. The van der Waals surface area contributed by atoms with Gasteiger partial charge in [0.25, 0.3) is 0 Å². The number of hydrogen-bond acceptors (Lipinski definition) is 3. The monoisotopic (exact) mass is 552 g/mol. The molecule has 7 heteroatoms. The van der Waals surface area contributed by atoms with Crippen molar-refractivity contribution in [2.75, 3.05) is 32.1 Å². The molecule has 0 amide bonds. The van der Waals surface area contributed by atoms with Gasteiger partial charge in [-0.15, -0.1) is 0 Å². The second kappa shape index (κ2) is 14.6. The van der Waals surface area contributed by atoms with Crippen LogP contribution >= 0.6 is 23.8 Å². The van der Waals surface area contributed by atoms with Crippen molar-refractivity contribution in [1.82, 2.24) is 14.4 Å². The van der Waals surface area contributed by atoms with E-state index in [1.54, 1.807) is 0 Å². The lowest BCUT2D eigenvalue weighted by Gasteiger charge is -2.32. The molecule has 0 radical (unpaired) electrons. The number of nitrogens with zero attached hydrogens (tertiary/aromatic N) is 3. The highest BCUT2D eigenvalue weighted by Gasteiger charge is 2.19. The largest absolute Gasteiger partial charge is 0.494 e. The lowest BCUT2D eigenvalue weighted by molar-refractivity contribution is 0.185. The average Bonchev–Trinajstić information content (AvgIpc) is 3.37. The van der Waals surface area contributed by atoms with E-state index < -0.39 is 0 Å². The molecule has 1 aliphatic carbocycles. The Kier molecular flexibility index (Phi) is 10.9. The van der Waals surface area contributed by atoms with Crippen molar-refractivity contribution in [3.63, 3.8) is 0 Å². The van der Waals surface area contributed by atoms with Crippen LogP contribution < -0.4 is 10.1 Å². The number of hydrogen-bond donors (Lipinski definition) is 1. The summed E-state index contributed by atoms with van der Waals surface area (Å²) in [4.78, 5) is 4.86. The van der Waals surface area contributed by atoms with Crippen LogP contribution in [0.1, 0.15) is 56.7 Å². The van der Waals surface area contributed by atoms with E-state index in [0.29, 0.717) is 6.61 Å². The molecule has 2 aromatic carbocycles. The summed E-state index contributed by atoms with van der Waals surface area (Å²) >= 11 is 12.0. The Bertz CT molecular complexity index is 1130. The lowest BCUT2D eigenvalue weighted by atomic mass is 9.94. The van der Waals surface area contributed by atoms with Crippen molar-refractivity contribution in [3.05, 3.63) is 83.1 Å². The smallest absolute Gasteiger partial charge is 0.173 e. The van der Waals surface area contributed by atoms with Crippen molar-refractivity contribution >= 4 is 34.6 Å². The molecule has 4 rings (SSSR count). The zero-order chi connectivity index (χ0) is 26.7. The predicted octanol–water partition coefficient (Wildman–Crippen LogP) is 7.44. The number of ether oxygens (including phenoxy) is 1. The van der Waals surface area contributed by atoms with Gasteiger partial charge in [0.15, 0.2) is 5.11 Å². The molecule has 0 bridgehead atoms. The van der Waals surface area contributed by atoms with Crippen molar-refractivity contribution in [3.8, 4) is 5.75 Å². The maximum Gasteiger partial charge on any atom is 0.173 e. The quantitative estimate of drug-likeness (QED) is 0.236. The zero-order valence-electron chi connectivity index (χ0n) is 22.7. The summed E-state index contributed by atoms with van der Waals surface area (Å²) in [7, 11) is 2.29. The highest BCUT2D eigenvalue weighted by atomic mass is 35.5. The van der Waals surface area contributed by atoms with E-state index in [9.17, 15) is 0 Å². The first-order valence-corrected chi connectivity index (χ1v) is 14.7. The van der Waals surface area contributed by atoms with Gasteiger partial charge in [-0.25, -0.2) is 0 Å². The molecule has 1 aromatic heterocycles. The van der Waals surface area contributed by atoms with Gasteiger partial charge in [0.2, 0.25) is 0 Å². The average molecular weight is 553 g/mol. The molecule has 1 heterocycles. The number of rotatable bonds is 12.